The Hall–Kier alpha value is -2.62. The number of rotatable bonds is 4. The van der Waals surface area contributed by atoms with Crippen LogP contribution in [0, 0.1) is 11.5 Å². The number of hydrogen-bond acceptors (Lipinski definition) is 5. The van der Waals surface area contributed by atoms with Crippen LogP contribution in [0.3, 0.4) is 0 Å². The molecule has 2 aromatic rings. The topological polar surface area (TPSA) is 65.4 Å². The van der Waals surface area contributed by atoms with Crippen molar-refractivity contribution in [3.63, 3.8) is 0 Å². The van der Waals surface area contributed by atoms with Crippen LogP contribution in [0.15, 0.2) is 64.2 Å². The molecule has 2 aromatic carbocycles. The Labute approximate surface area is 161 Å². The number of amides is 1. The molecule has 26 heavy (non-hydrogen) atoms. The van der Waals surface area contributed by atoms with E-state index in [1.807, 2.05) is 30.5 Å². The third-order valence-corrected chi connectivity index (χ3v) is 5.37. The molecule has 1 amide bonds. The Bertz CT molecular complexity index is 888. The molecule has 0 fully saturated rings. The van der Waals surface area contributed by atoms with E-state index in [2.05, 4.69) is 5.32 Å². The average Bonchev–Trinajstić information content (AvgIpc) is 2.66. The van der Waals surface area contributed by atoms with Gasteiger partial charge in [0.2, 0.25) is 0 Å². The first kappa shape index (κ1) is 18.2. The standard InChI is InChI=1S/C19H16ClN3O2S/c1-12-18(26-16-9-5-14(20)6-10-16)22-17(19(24)23(12)11-21)13-3-7-15(25-2)8-4-13/h3-10,17,22H,1-2H3. The molecule has 0 aromatic heterocycles. The van der Waals surface area contributed by atoms with Crippen LogP contribution in [0.25, 0.3) is 0 Å². The lowest BCUT2D eigenvalue weighted by Gasteiger charge is -2.31. The lowest BCUT2D eigenvalue weighted by Crippen LogP contribution is -2.42. The molecule has 132 valence electrons. The molecular formula is C19H16ClN3O2S. The van der Waals surface area contributed by atoms with Crippen LogP contribution < -0.4 is 10.1 Å². The molecule has 5 nitrogen and oxygen atoms in total. The maximum absolute atomic E-state index is 12.7. The number of nitrogens with one attached hydrogen (secondary N) is 1. The molecule has 0 saturated heterocycles. The zero-order valence-electron chi connectivity index (χ0n) is 14.2. The molecule has 0 spiro atoms. The monoisotopic (exact) mass is 385 g/mol. The fraction of sp³-hybridized carbons (Fsp3) is 0.158. The second-order valence-electron chi connectivity index (χ2n) is 5.59. The molecule has 1 aliphatic heterocycles. The molecule has 0 aliphatic carbocycles. The van der Waals surface area contributed by atoms with Gasteiger partial charge in [-0.3, -0.25) is 4.79 Å². The number of ether oxygens (including phenoxy) is 1. The van der Waals surface area contributed by atoms with Crippen molar-refractivity contribution < 1.29 is 9.53 Å². The van der Waals surface area contributed by atoms with E-state index in [4.69, 9.17) is 16.3 Å². The number of allylic oxidation sites excluding steroid dienone is 1. The van der Waals surface area contributed by atoms with E-state index in [1.165, 1.54) is 11.8 Å². The molecular weight excluding hydrogens is 370 g/mol. The van der Waals surface area contributed by atoms with Crippen molar-refractivity contribution in [1.29, 1.82) is 5.26 Å². The van der Waals surface area contributed by atoms with Gasteiger partial charge in [0.15, 0.2) is 6.19 Å². The van der Waals surface area contributed by atoms with Crippen molar-refractivity contribution in [2.24, 2.45) is 0 Å². The minimum absolute atomic E-state index is 0.310. The molecule has 1 heterocycles. The number of halogens is 1. The number of thioether (sulfide) groups is 1. The number of hydrogen-bond donors (Lipinski definition) is 1. The SMILES string of the molecule is COc1ccc(C2NC(Sc3ccc(Cl)cc3)=C(C)N(C#N)C2=O)cc1. The van der Waals surface area contributed by atoms with E-state index < -0.39 is 6.04 Å². The lowest BCUT2D eigenvalue weighted by atomic mass is 10.0. The zero-order chi connectivity index (χ0) is 18.7. The van der Waals surface area contributed by atoms with E-state index in [1.54, 1.807) is 38.3 Å². The summed E-state index contributed by atoms with van der Waals surface area (Å²) in [5.74, 6) is 0.396. The van der Waals surface area contributed by atoms with Gasteiger partial charge in [-0.15, -0.1) is 0 Å². The summed E-state index contributed by atoms with van der Waals surface area (Å²) in [6.45, 7) is 1.75. The van der Waals surface area contributed by atoms with Crippen LogP contribution in [-0.2, 0) is 4.79 Å². The van der Waals surface area contributed by atoms with E-state index in [9.17, 15) is 10.1 Å². The Morgan fingerprint density at radius 3 is 2.42 bits per heavy atom. The normalized spacial score (nSPS) is 16.9. The van der Waals surface area contributed by atoms with Crippen LogP contribution in [-0.4, -0.2) is 17.9 Å². The van der Waals surface area contributed by atoms with Crippen molar-refractivity contribution in [2.45, 2.75) is 17.9 Å². The summed E-state index contributed by atoms with van der Waals surface area (Å²) < 4.78 is 5.16. The number of methoxy groups -OCH3 is 1. The lowest BCUT2D eigenvalue weighted by molar-refractivity contribution is -0.129. The highest BCUT2D eigenvalue weighted by Crippen LogP contribution is 2.35. The fourth-order valence-electron chi connectivity index (χ4n) is 2.56. The van der Waals surface area contributed by atoms with Gasteiger partial charge < -0.3 is 10.1 Å². The first-order valence-electron chi connectivity index (χ1n) is 7.82. The van der Waals surface area contributed by atoms with Crippen LogP contribution in [0.5, 0.6) is 5.75 Å². The van der Waals surface area contributed by atoms with Gasteiger partial charge >= 0.3 is 0 Å². The molecule has 0 saturated carbocycles. The summed E-state index contributed by atoms with van der Waals surface area (Å²) in [6.07, 6.45) is 1.98. The summed E-state index contributed by atoms with van der Waals surface area (Å²) in [5.41, 5.74) is 1.33. The second kappa shape index (κ2) is 7.73. The van der Waals surface area contributed by atoms with Crippen LogP contribution in [0.4, 0.5) is 0 Å². The average molecular weight is 386 g/mol. The molecule has 1 unspecified atom stereocenters. The van der Waals surface area contributed by atoms with E-state index in [-0.39, 0.29) is 5.91 Å². The number of benzene rings is 2. The summed E-state index contributed by atoms with van der Waals surface area (Å²) in [4.78, 5) is 14.8. The van der Waals surface area contributed by atoms with Crippen LogP contribution in [0.1, 0.15) is 18.5 Å². The maximum atomic E-state index is 12.7. The van der Waals surface area contributed by atoms with Gasteiger partial charge in [0.1, 0.15) is 11.8 Å². The van der Waals surface area contributed by atoms with Crippen molar-refractivity contribution in [2.75, 3.05) is 7.11 Å². The van der Waals surface area contributed by atoms with Crippen LogP contribution in [0.2, 0.25) is 5.02 Å². The van der Waals surface area contributed by atoms with Gasteiger partial charge in [-0.05, 0) is 48.9 Å². The number of carbonyl (C=O) groups excluding carboxylic acids is 1. The second-order valence-corrected chi connectivity index (χ2v) is 7.11. The van der Waals surface area contributed by atoms with Gasteiger partial charge in [0, 0.05) is 9.92 Å². The molecule has 3 rings (SSSR count). The van der Waals surface area contributed by atoms with Crippen molar-refractivity contribution in [1.82, 2.24) is 10.2 Å². The summed E-state index contributed by atoms with van der Waals surface area (Å²) in [7, 11) is 1.59. The minimum Gasteiger partial charge on any atom is -0.497 e. The molecule has 7 heteroatoms. The number of nitriles is 1. The molecule has 1 atom stereocenters. The molecule has 1 aliphatic rings. The zero-order valence-corrected chi connectivity index (χ0v) is 15.8. The Morgan fingerprint density at radius 1 is 1.19 bits per heavy atom. The minimum atomic E-state index is -0.640. The first-order valence-corrected chi connectivity index (χ1v) is 9.01. The van der Waals surface area contributed by atoms with Crippen molar-refractivity contribution in [3.8, 4) is 11.9 Å². The predicted molar refractivity (Wildman–Crippen MR) is 101 cm³/mol. The quantitative estimate of drug-likeness (QED) is 0.795. The molecule has 1 N–H and O–H groups in total. The number of carbonyl (C=O) groups is 1. The third kappa shape index (κ3) is 3.64. The van der Waals surface area contributed by atoms with Crippen molar-refractivity contribution >= 4 is 29.3 Å². The van der Waals surface area contributed by atoms with Gasteiger partial charge in [-0.2, -0.15) is 5.26 Å². The van der Waals surface area contributed by atoms with Gasteiger partial charge in [-0.25, -0.2) is 4.90 Å². The van der Waals surface area contributed by atoms with Gasteiger partial charge in [0.25, 0.3) is 5.91 Å². The maximum Gasteiger partial charge on any atom is 0.267 e. The highest BCUT2D eigenvalue weighted by molar-refractivity contribution is 8.03. The van der Waals surface area contributed by atoms with Gasteiger partial charge in [-0.1, -0.05) is 35.5 Å². The van der Waals surface area contributed by atoms with E-state index in [0.29, 0.717) is 16.5 Å². The van der Waals surface area contributed by atoms with Gasteiger partial charge in [0.05, 0.1) is 17.8 Å². The smallest absolute Gasteiger partial charge is 0.267 e. The predicted octanol–water partition coefficient (Wildman–Crippen LogP) is 4.28. The van der Waals surface area contributed by atoms with Crippen LogP contribution >= 0.6 is 23.4 Å². The third-order valence-electron chi connectivity index (χ3n) is 3.99. The summed E-state index contributed by atoms with van der Waals surface area (Å²) >= 11 is 7.38. The first-order chi connectivity index (χ1) is 12.5. The Kier molecular flexibility index (Phi) is 5.40. The highest BCUT2D eigenvalue weighted by Gasteiger charge is 2.34. The Morgan fingerprint density at radius 2 is 1.85 bits per heavy atom. The largest absolute Gasteiger partial charge is 0.497 e. The highest BCUT2D eigenvalue weighted by atomic mass is 35.5. The molecule has 0 radical (unpaired) electrons. The fourth-order valence-corrected chi connectivity index (χ4v) is 3.61. The number of nitrogens with zero attached hydrogens (tertiary/aromatic N) is 2. The van der Waals surface area contributed by atoms with E-state index >= 15 is 0 Å². The molecule has 0 bridgehead atoms. The van der Waals surface area contributed by atoms with E-state index in [0.717, 1.165) is 20.4 Å². The summed E-state index contributed by atoms with van der Waals surface area (Å²) in [6, 6.07) is 14.0. The summed E-state index contributed by atoms with van der Waals surface area (Å²) in [5, 5.41) is 14.1. The van der Waals surface area contributed by atoms with Crippen molar-refractivity contribution in [3.05, 3.63) is 69.8 Å². The Balaban J connectivity index is 1.92.